The Balaban J connectivity index is 2.08. The smallest absolute Gasteiger partial charge is 0.280 e. The summed E-state index contributed by atoms with van der Waals surface area (Å²) in [6.45, 7) is 0. The second kappa shape index (κ2) is 5.92. The van der Waals surface area contributed by atoms with Crippen molar-refractivity contribution in [3.63, 3.8) is 0 Å². The van der Waals surface area contributed by atoms with E-state index in [-0.39, 0.29) is 21.8 Å². The highest BCUT2D eigenvalue weighted by molar-refractivity contribution is 9.10. The van der Waals surface area contributed by atoms with E-state index in [0.717, 1.165) is 12.1 Å². The number of hydrogen-bond donors (Lipinski definition) is 2. The van der Waals surface area contributed by atoms with E-state index in [1.54, 1.807) is 0 Å². The Morgan fingerprint density at radius 1 is 1.30 bits per heavy atom. The molecule has 2 aromatic rings. The van der Waals surface area contributed by atoms with Crippen molar-refractivity contribution in [2.75, 3.05) is 5.32 Å². The van der Waals surface area contributed by atoms with Gasteiger partial charge in [0.2, 0.25) is 6.23 Å². The van der Waals surface area contributed by atoms with Gasteiger partial charge in [0.1, 0.15) is 11.6 Å². The summed E-state index contributed by atoms with van der Waals surface area (Å²) in [5, 5.41) is 2.68. The van der Waals surface area contributed by atoms with Gasteiger partial charge < -0.3 is 10.1 Å². The molecule has 2 aromatic carbocycles. The molecule has 0 saturated carbocycles. The zero-order chi connectivity index (χ0) is 16.7. The molecule has 3 rings (SSSR count). The molecule has 0 bridgehead atoms. The molecule has 0 spiro atoms. The predicted octanol–water partition coefficient (Wildman–Crippen LogP) is 3.09. The molecule has 0 saturated heterocycles. The van der Waals surface area contributed by atoms with Crippen molar-refractivity contribution in [1.82, 2.24) is 0 Å². The lowest BCUT2D eigenvalue weighted by Gasteiger charge is -2.24. The lowest BCUT2D eigenvalue weighted by atomic mass is 10.0. The summed E-state index contributed by atoms with van der Waals surface area (Å²) in [7, 11) is 0. The Morgan fingerprint density at radius 2 is 2.04 bits per heavy atom. The van der Waals surface area contributed by atoms with E-state index in [1.165, 1.54) is 18.2 Å². The van der Waals surface area contributed by atoms with E-state index < -0.39 is 23.7 Å². The molecule has 1 aliphatic heterocycles. The van der Waals surface area contributed by atoms with Gasteiger partial charge in [-0.25, -0.2) is 4.39 Å². The molecule has 8 heteroatoms. The summed E-state index contributed by atoms with van der Waals surface area (Å²) < 4.78 is 18.9. The third kappa shape index (κ3) is 2.83. The molecule has 1 aliphatic rings. The van der Waals surface area contributed by atoms with E-state index in [9.17, 15) is 14.0 Å². The minimum Gasteiger partial charge on any atom is -0.464 e. The Kier molecular flexibility index (Phi) is 4.09. The average Bonchev–Trinajstić information content (AvgIpc) is 2.51. The fraction of sp³-hybridized carbons (Fsp3) is 0.0667. The topological polar surface area (TPSA) is 81.4 Å². The van der Waals surface area contributed by atoms with Crippen LogP contribution in [0.3, 0.4) is 0 Å². The molecule has 0 aromatic heterocycles. The molecule has 3 N–H and O–H groups in total. The monoisotopic (exact) mass is 398 g/mol. The van der Waals surface area contributed by atoms with Crippen LogP contribution in [0.1, 0.15) is 15.9 Å². The highest BCUT2D eigenvalue weighted by atomic mass is 79.9. The molecule has 1 heterocycles. The van der Waals surface area contributed by atoms with Gasteiger partial charge in [-0.1, -0.05) is 11.6 Å². The van der Waals surface area contributed by atoms with Crippen molar-refractivity contribution in [3.05, 3.63) is 56.8 Å². The number of carbonyl (C=O) groups excluding carboxylic acids is 2. The second-order valence-corrected chi connectivity index (χ2v) is 5.98. The van der Waals surface area contributed by atoms with Crippen LogP contribution in [0.2, 0.25) is 5.02 Å². The second-order valence-electron chi connectivity index (χ2n) is 4.78. The van der Waals surface area contributed by atoms with Gasteiger partial charge in [0.15, 0.2) is 5.78 Å². The summed E-state index contributed by atoms with van der Waals surface area (Å²) in [5.41, 5.74) is 6.00. The van der Waals surface area contributed by atoms with E-state index in [4.69, 9.17) is 22.1 Å². The predicted molar refractivity (Wildman–Crippen MR) is 86.2 cm³/mol. The molecule has 1 amide bonds. The van der Waals surface area contributed by atoms with Crippen molar-refractivity contribution < 1.29 is 18.7 Å². The van der Waals surface area contributed by atoms with Gasteiger partial charge in [0, 0.05) is 11.1 Å². The van der Waals surface area contributed by atoms with Crippen molar-refractivity contribution >= 4 is 44.9 Å². The van der Waals surface area contributed by atoms with Crippen molar-refractivity contribution in [3.8, 4) is 5.75 Å². The molecule has 0 fully saturated rings. The van der Waals surface area contributed by atoms with Gasteiger partial charge in [-0.3, -0.25) is 15.3 Å². The van der Waals surface area contributed by atoms with Gasteiger partial charge in [-0.15, -0.1) is 0 Å². The maximum absolute atomic E-state index is 13.4. The lowest BCUT2D eigenvalue weighted by Crippen LogP contribution is -2.43. The first kappa shape index (κ1) is 15.9. The van der Waals surface area contributed by atoms with Crippen LogP contribution in [-0.2, 0) is 4.79 Å². The molecule has 0 aliphatic carbocycles. The third-order valence-electron chi connectivity index (χ3n) is 3.28. The van der Waals surface area contributed by atoms with Gasteiger partial charge in [0.05, 0.1) is 15.2 Å². The van der Waals surface area contributed by atoms with Gasteiger partial charge >= 0.3 is 0 Å². The van der Waals surface area contributed by atoms with Crippen LogP contribution in [0, 0.1) is 5.82 Å². The van der Waals surface area contributed by atoms with E-state index >= 15 is 0 Å². The molecule has 118 valence electrons. The largest absolute Gasteiger partial charge is 0.464 e. The zero-order valence-corrected chi connectivity index (χ0v) is 13.7. The number of benzene rings is 2. The van der Waals surface area contributed by atoms with E-state index in [0.29, 0.717) is 10.2 Å². The molecular weight excluding hydrogens is 391 g/mol. The Bertz CT molecular complexity index is 844. The first-order valence-corrected chi connectivity index (χ1v) is 7.61. The average molecular weight is 400 g/mol. The van der Waals surface area contributed by atoms with Gasteiger partial charge in [0.25, 0.3) is 5.91 Å². The van der Waals surface area contributed by atoms with Crippen molar-refractivity contribution in [1.29, 1.82) is 0 Å². The highest BCUT2D eigenvalue weighted by Gasteiger charge is 2.28. The fourth-order valence-electron chi connectivity index (χ4n) is 2.15. The standard InChI is InChI=1S/C15H9BrClFN2O3/c16-11-7(13(21)8-5-6(18)1-3-9(8)17)2-4-10-12(11)20-15(22)14(19)23-10/h1-5,14H,19H2,(H,20,22). The number of hydrogen-bond acceptors (Lipinski definition) is 4. The molecule has 1 unspecified atom stereocenters. The van der Waals surface area contributed by atoms with E-state index in [2.05, 4.69) is 21.2 Å². The van der Waals surface area contributed by atoms with Crippen LogP contribution in [0.15, 0.2) is 34.8 Å². The number of carbonyl (C=O) groups is 2. The molecule has 0 radical (unpaired) electrons. The summed E-state index contributed by atoms with van der Waals surface area (Å²) in [6.07, 6.45) is -1.12. The van der Waals surface area contributed by atoms with Crippen LogP contribution in [0.5, 0.6) is 5.75 Å². The third-order valence-corrected chi connectivity index (χ3v) is 4.44. The zero-order valence-electron chi connectivity index (χ0n) is 11.4. The van der Waals surface area contributed by atoms with Crippen LogP contribution >= 0.6 is 27.5 Å². The number of halogens is 3. The molecule has 23 heavy (non-hydrogen) atoms. The number of ketones is 1. The summed E-state index contributed by atoms with van der Waals surface area (Å²) >= 11 is 9.23. The summed E-state index contributed by atoms with van der Waals surface area (Å²) in [5.74, 6) is -1.28. The minimum absolute atomic E-state index is 0.0204. The Labute approximate surface area is 143 Å². The number of nitrogens with two attached hydrogens (primary N) is 1. The SMILES string of the molecule is NC1Oc2ccc(C(=O)c3cc(F)ccc3Cl)c(Br)c2NC1=O. The number of anilines is 1. The fourth-order valence-corrected chi connectivity index (χ4v) is 2.96. The molecule has 5 nitrogen and oxygen atoms in total. The molecular formula is C15H9BrClFN2O3. The number of rotatable bonds is 2. The number of ether oxygens (including phenoxy) is 1. The number of amides is 1. The van der Waals surface area contributed by atoms with E-state index in [1.807, 2.05) is 0 Å². The normalized spacial score (nSPS) is 16.3. The maximum Gasteiger partial charge on any atom is 0.280 e. The first-order valence-electron chi connectivity index (χ1n) is 6.44. The molecule has 1 atom stereocenters. The summed E-state index contributed by atoms with van der Waals surface area (Å²) in [6, 6.07) is 6.51. The Hall–Kier alpha value is -1.96. The maximum atomic E-state index is 13.4. The van der Waals surface area contributed by atoms with Crippen molar-refractivity contribution in [2.24, 2.45) is 5.73 Å². The Morgan fingerprint density at radius 3 is 2.78 bits per heavy atom. The first-order chi connectivity index (χ1) is 10.9. The van der Waals surface area contributed by atoms with Gasteiger partial charge in [-0.05, 0) is 46.3 Å². The minimum atomic E-state index is -1.12. The van der Waals surface area contributed by atoms with Crippen molar-refractivity contribution in [2.45, 2.75) is 6.23 Å². The quantitative estimate of drug-likeness (QED) is 0.761. The van der Waals surface area contributed by atoms with Crippen LogP contribution in [0.4, 0.5) is 10.1 Å². The number of nitrogens with one attached hydrogen (secondary N) is 1. The van der Waals surface area contributed by atoms with Crippen LogP contribution < -0.4 is 15.8 Å². The van der Waals surface area contributed by atoms with Crippen LogP contribution in [-0.4, -0.2) is 17.9 Å². The highest BCUT2D eigenvalue weighted by Crippen LogP contribution is 2.39. The number of fused-ring (bicyclic) bond motifs is 1. The summed E-state index contributed by atoms with van der Waals surface area (Å²) in [4.78, 5) is 24.2. The van der Waals surface area contributed by atoms with Crippen LogP contribution in [0.25, 0.3) is 0 Å². The van der Waals surface area contributed by atoms with Gasteiger partial charge in [-0.2, -0.15) is 0 Å². The lowest BCUT2D eigenvalue weighted by molar-refractivity contribution is -0.123.